The van der Waals surface area contributed by atoms with Crippen LogP contribution in [-0.2, 0) is 5.41 Å². The molecule has 0 aliphatic carbocycles. The minimum atomic E-state index is -0.202. The fourth-order valence-electron chi connectivity index (χ4n) is 1.74. The van der Waals surface area contributed by atoms with Crippen molar-refractivity contribution >= 4 is 39.1 Å². The predicted octanol–water partition coefficient (Wildman–Crippen LogP) is 4.16. The molecule has 0 bridgehead atoms. The summed E-state index contributed by atoms with van der Waals surface area (Å²) in [6, 6.07) is 5.79. The third-order valence-electron chi connectivity index (χ3n) is 2.85. The molecule has 106 valence electrons. The number of carbonyl (C=O) groups excluding carboxylic acids is 1. The lowest BCUT2D eigenvalue weighted by Gasteiger charge is -2.16. The van der Waals surface area contributed by atoms with E-state index < -0.39 is 0 Å². The minimum Gasteiger partial charge on any atom is -0.321 e. The smallest absolute Gasteiger partial charge is 0.269 e. The van der Waals surface area contributed by atoms with E-state index in [1.165, 1.54) is 0 Å². The van der Waals surface area contributed by atoms with E-state index in [9.17, 15) is 4.79 Å². The lowest BCUT2D eigenvalue weighted by atomic mass is 9.91. The number of rotatable bonds is 2. The second-order valence-corrected chi connectivity index (χ2v) is 7.28. The van der Waals surface area contributed by atoms with E-state index in [0.29, 0.717) is 4.88 Å². The molecule has 0 fully saturated rings. The number of halogens is 1. The van der Waals surface area contributed by atoms with Crippen molar-refractivity contribution in [1.29, 1.82) is 0 Å². The van der Waals surface area contributed by atoms with Gasteiger partial charge in [-0.05, 0) is 36.2 Å². The zero-order valence-electron chi connectivity index (χ0n) is 11.8. The number of aryl methyl sites for hydroxylation is 1. The second-order valence-electron chi connectivity index (χ2n) is 5.61. The maximum atomic E-state index is 12.4. The molecule has 1 aromatic carbocycles. The summed E-state index contributed by atoms with van der Waals surface area (Å²) in [5, 5.41) is 7.02. The molecule has 4 nitrogen and oxygen atoms in total. The van der Waals surface area contributed by atoms with E-state index in [4.69, 9.17) is 0 Å². The first-order chi connectivity index (χ1) is 9.29. The molecule has 0 saturated carbocycles. The molecule has 2 rings (SSSR count). The van der Waals surface area contributed by atoms with Crippen molar-refractivity contribution in [1.82, 2.24) is 9.59 Å². The Morgan fingerprint density at radius 3 is 2.70 bits per heavy atom. The van der Waals surface area contributed by atoms with E-state index >= 15 is 0 Å². The molecule has 0 spiro atoms. The van der Waals surface area contributed by atoms with Crippen molar-refractivity contribution in [2.45, 2.75) is 33.1 Å². The predicted molar refractivity (Wildman–Crippen MR) is 85.4 cm³/mol. The number of aromatic nitrogens is 2. The summed E-state index contributed by atoms with van der Waals surface area (Å²) < 4.78 is 4.84. The van der Waals surface area contributed by atoms with Gasteiger partial charge in [0.05, 0.1) is 5.69 Å². The highest BCUT2D eigenvalue weighted by molar-refractivity contribution is 9.10. The van der Waals surface area contributed by atoms with E-state index in [1.54, 1.807) is 0 Å². The quantitative estimate of drug-likeness (QED) is 0.881. The van der Waals surface area contributed by atoms with Gasteiger partial charge in [-0.1, -0.05) is 47.3 Å². The van der Waals surface area contributed by atoms with Crippen LogP contribution in [0.3, 0.4) is 0 Å². The summed E-state index contributed by atoms with van der Waals surface area (Å²) in [6.45, 7) is 8.01. The van der Waals surface area contributed by atoms with Crippen molar-refractivity contribution < 1.29 is 4.79 Å². The number of anilines is 1. The minimum absolute atomic E-state index is 0.161. The van der Waals surface area contributed by atoms with Crippen LogP contribution in [0.25, 0.3) is 0 Å². The molecule has 20 heavy (non-hydrogen) atoms. The molecule has 0 aliphatic rings. The topological polar surface area (TPSA) is 54.9 Å². The van der Waals surface area contributed by atoms with E-state index in [-0.39, 0.29) is 11.3 Å². The van der Waals surface area contributed by atoms with Crippen LogP contribution in [-0.4, -0.2) is 15.5 Å². The highest BCUT2D eigenvalue weighted by Gasteiger charge is 2.26. The number of nitrogens with one attached hydrogen (secondary N) is 1. The third-order valence-corrected chi connectivity index (χ3v) is 4.07. The van der Waals surface area contributed by atoms with E-state index in [0.717, 1.165) is 32.9 Å². The summed E-state index contributed by atoms with van der Waals surface area (Å²) in [7, 11) is 0. The molecule has 2 aromatic rings. The van der Waals surface area contributed by atoms with Crippen LogP contribution in [0.2, 0.25) is 0 Å². The molecular weight excluding hydrogens is 338 g/mol. The first-order valence-corrected chi connectivity index (χ1v) is 7.76. The van der Waals surface area contributed by atoms with Gasteiger partial charge in [-0.25, -0.2) is 0 Å². The molecule has 0 unspecified atom stereocenters. The Morgan fingerprint density at radius 1 is 1.35 bits per heavy atom. The highest BCUT2D eigenvalue weighted by atomic mass is 79.9. The van der Waals surface area contributed by atoms with Crippen LogP contribution in [0.5, 0.6) is 0 Å². The largest absolute Gasteiger partial charge is 0.321 e. The molecule has 0 saturated heterocycles. The van der Waals surface area contributed by atoms with E-state index in [2.05, 4.69) is 30.8 Å². The first-order valence-electron chi connectivity index (χ1n) is 6.19. The molecule has 1 aromatic heterocycles. The first kappa shape index (κ1) is 15.1. The molecular formula is C14H16BrN3OS. The lowest BCUT2D eigenvalue weighted by Crippen LogP contribution is -2.20. The lowest BCUT2D eigenvalue weighted by molar-refractivity contribution is 0.102. The Balaban J connectivity index is 2.30. The number of hydrogen-bond acceptors (Lipinski definition) is 4. The van der Waals surface area contributed by atoms with Crippen molar-refractivity contribution in [2.75, 3.05) is 5.32 Å². The molecule has 6 heteroatoms. The zero-order valence-corrected chi connectivity index (χ0v) is 14.2. The number of carbonyl (C=O) groups is 1. The average Bonchev–Trinajstić information content (AvgIpc) is 2.82. The van der Waals surface area contributed by atoms with E-state index in [1.807, 2.05) is 45.9 Å². The van der Waals surface area contributed by atoms with Crippen LogP contribution in [0.4, 0.5) is 5.69 Å². The Morgan fingerprint density at radius 2 is 2.05 bits per heavy atom. The van der Waals surface area contributed by atoms with Gasteiger partial charge in [0.1, 0.15) is 4.88 Å². The maximum absolute atomic E-state index is 12.4. The Hall–Kier alpha value is -1.27. The van der Waals surface area contributed by atoms with Gasteiger partial charge in [0.25, 0.3) is 5.91 Å². The maximum Gasteiger partial charge on any atom is 0.269 e. The summed E-state index contributed by atoms with van der Waals surface area (Å²) in [5.41, 5.74) is 2.33. The highest BCUT2D eigenvalue weighted by Crippen LogP contribution is 2.27. The van der Waals surface area contributed by atoms with Gasteiger partial charge in [0, 0.05) is 15.6 Å². The van der Waals surface area contributed by atoms with Crippen LogP contribution in [0, 0.1) is 6.92 Å². The molecule has 0 atom stereocenters. The third kappa shape index (κ3) is 3.24. The average molecular weight is 354 g/mol. The van der Waals surface area contributed by atoms with Crippen LogP contribution >= 0.6 is 27.5 Å². The molecule has 1 heterocycles. The normalized spacial score (nSPS) is 11.4. The second kappa shape index (κ2) is 5.61. The summed E-state index contributed by atoms with van der Waals surface area (Å²) >= 11 is 4.54. The monoisotopic (exact) mass is 353 g/mol. The Bertz CT molecular complexity index is 646. The molecule has 0 aliphatic heterocycles. The fourth-order valence-corrected chi connectivity index (χ4v) is 2.87. The van der Waals surface area contributed by atoms with Gasteiger partial charge in [0.2, 0.25) is 0 Å². The fraction of sp³-hybridized carbons (Fsp3) is 0.357. The SMILES string of the molecule is Cc1ccc(Br)cc1NC(=O)c1snnc1C(C)(C)C. The number of hydrogen-bond donors (Lipinski definition) is 1. The number of nitrogens with zero attached hydrogens (tertiary/aromatic N) is 2. The van der Waals surface area contributed by atoms with Gasteiger partial charge in [-0.15, -0.1) is 5.10 Å². The molecule has 1 amide bonds. The van der Waals surface area contributed by atoms with Gasteiger partial charge in [-0.2, -0.15) is 0 Å². The van der Waals surface area contributed by atoms with Crippen molar-refractivity contribution in [2.24, 2.45) is 0 Å². The number of amides is 1. The van der Waals surface area contributed by atoms with Crippen molar-refractivity contribution in [3.05, 3.63) is 38.8 Å². The van der Waals surface area contributed by atoms with Crippen LogP contribution in [0.1, 0.15) is 41.7 Å². The van der Waals surface area contributed by atoms with Gasteiger partial charge in [0.15, 0.2) is 0 Å². The standard InChI is InChI=1S/C14H16BrN3OS/c1-8-5-6-9(15)7-10(8)16-13(19)11-12(14(2,3)4)17-18-20-11/h5-7H,1-4H3,(H,16,19). The molecule has 1 N–H and O–H groups in total. The van der Waals surface area contributed by atoms with Gasteiger partial charge < -0.3 is 5.32 Å². The summed E-state index contributed by atoms with van der Waals surface area (Å²) in [5.74, 6) is -0.161. The van der Waals surface area contributed by atoms with Crippen LogP contribution in [0.15, 0.2) is 22.7 Å². The van der Waals surface area contributed by atoms with Gasteiger partial charge in [-0.3, -0.25) is 4.79 Å². The molecule has 0 radical (unpaired) electrons. The van der Waals surface area contributed by atoms with Crippen molar-refractivity contribution in [3.8, 4) is 0 Å². The Kier molecular flexibility index (Phi) is 4.25. The van der Waals surface area contributed by atoms with Gasteiger partial charge >= 0.3 is 0 Å². The van der Waals surface area contributed by atoms with Crippen LogP contribution < -0.4 is 5.32 Å². The number of benzene rings is 1. The summed E-state index contributed by atoms with van der Waals surface area (Å²) in [4.78, 5) is 13.0. The zero-order chi connectivity index (χ0) is 14.9. The van der Waals surface area contributed by atoms with Crippen molar-refractivity contribution in [3.63, 3.8) is 0 Å². The Labute approximate surface area is 130 Å². The summed E-state index contributed by atoms with van der Waals surface area (Å²) in [6.07, 6.45) is 0.